The van der Waals surface area contributed by atoms with Crippen LogP contribution < -0.4 is 5.32 Å². The Hall–Kier alpha value is -2.30. The van der Waals surface area contributed by atoms with E-state index in [1.54, 1.807) is 36.5 Å². The lowest BCUT2D eigenvalue weighted by molar-refractivity contribution is 0.102. The number of nitrogens with zero attached hydrogens (tertiary/aromatic N) is 2. The van der Waals surface area contributed by atoms with E-state index in [1.165, 1.54) is 0 Å². The van der Waals surface area contributed by atoms with E-state index in [4.69, 9.17) is 23.2 Å². The van der Waals surface area contributed by atoms with Gasteiger partial charge in [-0.25, -0.2) is 4.98 Å². The van der Waals surface area contributed by atoms with Crippen molar-refractivity contribution in [2.75, 3.05) is 5.32 Å². The normalized spacial score (nSPS) is 10.6. The van der Waals surface area contributed by atoms with Crippen LogP contribution in [0.2, 0.25) is 10.0 Å². The molecule has 0 aliphatic heterocycles. The molecule has 6 heteroatoms. The summed E-state index contributed by atoms with van der Waals surface area (Å²) >= 11 is 11.8. The first-order valence-electron chi connectivity index (χ1n) is 7.36. The van der Waals surface area contributed by atoms with Crippen molar-refractivity contribution in [1.29, 1.82) is 0 Å². The van der Waals surface area contributed by atoms with Crippen molar-refractivity contribution in [2.45, 2.75) is 13.5 Å². The molecule has 0 radical (unpaired) electrons. The standard InChI is InChI=1S/C18H15Cl2N3O/c1-12-21-8-9-23(12)11-13-2-4-14(5-3-13)18(24)22-15-6-7-16(19)17(20)10-15/h2-10H,11H2,1H3,(H,22,24). The average Bonchev–Trinajstić information content (AvgIpc) is 2.97. The van der Waals surface area contributed by atoms with E-state index < -0.39 is 0 Å². The van der Waals surface area contributed by atoms with Crippen molar-refractivity contribution >= 4 is 34.8 Å². The molecule has 3 aromatic rings. The molecule has 0 saturated heterocycles. The fraction of sp³-hybridized carbons (Fsp3) is 0.111. The fourth-order valence-corrected chi connectivity index (χ4v) is 2.60. The number of benzene rings is 2. The predicted molar refractivity (Wildman–Crippen MR) is 96.9 cm³/mol. The van der Waals surface area contributed by atoms with Gasteiger partial charge in [0.25, 0.3) is 5.91 Å². The molecule has 0 atom stereocenters. The van der Waals surface area contributed by atoms with E-state index in [1.807, 2.05) is 29.8 Å². The molecule has 0 fully saturated rings. The maximum absolute atomic E-state index is 12.3. The van der Waals surface area contributed by atoms with Gasteiger partial charge < -0.3 is 9.88 Å². The molecule has 0 aliphatic carbocycles. The van der Waals surface area contributed by atoms with Gasteiger partial charge in [0, 0.05) is 30.2 Å². The minimum absolute atomic E-state index is 0.196. The molecule has 1 amide bonds. The lowest BCUT2D eigenvalue weighted by atomic mass is 10.1. The van der Waals surface area contributed by atoms with Crippen molar-refractivity contribution < 1.29 is 4.79 Å². The molecule has 24 heavy (non-hydrogen) atoms. The van der Waals surface area contributed by atoms with Crippen LogP contribution in [-0.4, -0.2) is 15.5 Å². The van der Waals surface area contributed by atoms with Crippen molar-refractivity contribution in [3.05, 3.63) is 81.9 Å². The Kier molecular flexibility index (Phi) is 4.88. The van der Waals surface area contributed by atoms with Crippen molar-refractivity contribution in [3.63, 3.8) is 0 Å². The number of hydrogen-bond donors (Lipinski definition) is 1. The summed E-state index contributed by atoms with van der Waals surface area (Å²) in [7, 11) is 0. The van der Waals surface area contributed by atoms with Crippen LogP contribution in [0, 0.1) is 6.92 Å². The number of hydrogen-bond acceptors (Lipinski definition) is 2. The van der Waals surface area contributed by atoms with Gasteiger partial charge in [0.1, 0.15) is 5.82 Å². The van der Waals surface area contributed by atoms with Crippen molar-refractivity contribution in [1.82, 2.24) is 9.55 Å². The smallest absolute Gasteiger partial charge is 0.255 e. The fourth-order valence-electron chi connectivity index (χ4n) is 2.31. The van der Waals surface area contributed by atoms with E-state index >= 15 is 0 Å². The van der Waals surface area contributed by atoms with Crippen LogP contribution in [0.1, 0.15) is 21.7 Å². The topological polar surface area (TPSA) is 46.9 Å². The molecule has 0 bridgehead atoms. The second-order valence-electron chi connectivity index (χ2n) is 5.38. The first kappa shape index (κ1) is 16.6. The molecule has 0 aliphatic rings. The van der Waals surface area contributed by atoms with Gasteiger partial charge in [0.05, 0.1) is 10.0 Å². The Morgan fingerprint density at radius 2 is 1.88 bits per heavy atom. The van der Waals surface area contributed by atoms with Gasteiger partial charge in [-0.05, 0) is 42.8 Å². The number of carbonyl (C=O) groups is 1. The number of aromatic nitrogens is 2. The summed E-state index contributed by atoms with van der Waals surface area (Å²) in [6.07, 6.45) is 3.70. The number of aryl methyl sites for hydroxylation is 1. The highest BCUT2D eigenvalue weighted by molar-refractivity contribution is 6.42. The highest BCUT2D eigenvalue weighted by atomic mass is 35.5. The number of amides is 1. The Morgan fingerprint density at radius 1 is 1.12 bits per heavy atom. The summed E-state index contributed by atoms with van der Waals surface area (Å²) < 4.78 is 2.05. The van der Waals surface area contributed by atoms with Crippen molar-refractivity contribution in [2.24, 2.45) is 0 Å². The Morgan fingerprint density at radius 3 is 2.50 bits per heavy atom. The SMILES string of the molecule is Cc1nccn1Cc1ccc(C(=O)Nc2ccc(Cl)c(Cl)c2)cc1. The highest BCUT2D eigenvalue weighted by Crippen LogP contribution is 2.25. The third-order valence-corrected chi connectivity index (χ3v) is 4.41. The summed E-state index contributed by atoms with van der Waals surface area (Å²) in [6.45, 7) is 2.68. The van der Waals surface area contributed by atoms with E-state index in [-0.39, 0.29) is 5.91 Å². The zero-order chi connectivity index (χ0) is 17.1. The number of imidazole rings is 1. The minimum Gasteiger partial charge on any atom is -0.331 e. The molecule has 0 unspecified atom stereocenters. The lowest BCUT2D eigenvalue weighted by Gasteiger charge is -2.08. The van der Waals surface area contributed by atoms with Crippen LogP contribution in [0.15, 0.2) is 54.9 Å². The van der Waals surface area contributed by atoms with Gasteiger partial charge in [-0.2, -0.15) is 0 Å². The van der Waals surface area contributed by atoms with Crippen LogP contribution in [0.3, 0.4) is 0 Å². The summed E-state index contributed by atoms with van der Waals surface area (Å²) in [6, 6.07) is 12.5. The Labute approximate surface area is 150 Å². The molecule has 122 valence electrons. The molecular formula is C18H15Cl2N3O. The van der Waals surface area contributed by atoms with Gasteiger partial charge in [0.15, 0.2) is 0 Å². The molecule has 0 spiro atoms. The van der Waals surface area contributed by atoms with E-state index in [0.717, 1.165) is 17.9 Å². The number of anilines is 1. The summed E-state index contributed by atoms with van der Waals surface area (Å²) in [4.78, 5) is 16.5. The minimum atomic E-state index is -0.196. The highest BCUT2D eigenvalue weighted by Gasteiger charge is 2.08. The summed E-state index contributed by atoms with van der Waals surface area (Å²) in [5.41, 5.74) is 2.28. The van der Waals surface area contributed by atoms with E-state index in [9.17, 15) is 4.79 Å². The number of rotatable bonds is 4. The van der Waals surface area contributed by atoms with Crippen LogP contribution in [0.25, 0.3) is 0 Å². The molecule has 3 rings (SSSR count). The maximum atomic E-state index is 12.3. The third kappa shape index (κ3) is 3.78. The molecule has 1 heterocycles. The molecule has 4 nitrogen and oxygen atoms in total. The van der Waals surface area contributed by atoms with Crippen LogP contribution in [0.5, 0.6) is 0 Å². The zero-order valence-corrected chi connectivity index (χ0v) is 14.5. The monoisotopic (exact) mass is 359 g/mol. The van der Waals surface area contributed by atoms with Gasteiger partial charge in [-0.1, -0.05) is 35.3 Å². The first-order valence-corrected chi connectivity index (χ1v) is 8.11. The molecular weight excluding hydrogens is 345 g/mol. The second kappa shape index (κ2) is 7.07. The van der Waals surface area contributed by atoms with Gasteiger partial charge in [0.2, 0.25) is 0 Å². The Balaban J connectivity index is 1.69. The first-order chi connectivity index (χ1) is 11.5. The van der Waals surface area contributed by atoms with Gasteiger partial charge in [-0.3, -0.25) is 4.79 Å². The predicted octanol–water partition coefficient (Wildman–Crippen LogP) is 4.80. The van der Waals surface area contributed by atoms with Crippen LogP contribution in [-0.2, 0) is 6.54 Å². The van der Waals surface area contributed by atoms with Crippen molar-refractivity contribution in [3.8, 4) is 0 Å². The quantitative estimate of drug-likeness (QED) is 0.727. The lowest BCUT2D eigenvalue weighted by Crippen LogP contribution is -2.12. The third-order valence-electron chi connectivity index (χ3n) is 3.67. The van der Waals surface area contributed by atoms with Crippen LogP contribution in [0.4, 0.5) is 5.69 Å². The molecule has 2 aromatic carbocycles. The van der Waals surface area contributed by atoms with Gasteiger partial charge in [-0.15, -0.1) is 0 Å². The number of nitrogens with one attached hydrogen (secondary N) is 1. The van der Waals surface area contributed by atoms with E-state index in [2.05, 4.69) is 10.3 Å². The van der Waals surface area contributed by atoms with Gasteiger partial charge >= 0.3 is 0 Å². The largest absolute Gasteiger partial charge is 0.331 e. The number of carbonyl (C=O) groups excluding carboxylic acids is 1. The van der Waals surface area contributed by atoms with Crippen LogP contribution >= 0.6 is 23.2 Å². The zero-order valence-electron chi connectivity index (χ0n) is 13.0. The summed E-state index contributed by atoms with van der Waals surface area (Å²) in [5.74, 6) is 0.759. The summed E-state index contributed by atoms with van der Waals surface area (Å²) in [5, 5.41) is 3.66. The van der Waals surface area contributed by atoms with E-state index in [0.29, 0.717) is 21.3 Å². The molecule has 1 N–H and O–H groups in total. The molecule has 1 aromatic heterocycles. The molecule has 0 saturated carbocycles. The second-order valence-corrected chi connectivity index (χ2v) is 6.20. The average molecular weight is 360 g/mol. The number of halogens is 2. The maximum Gasteiger partial charge on any atom is 0.255 e. The Bertz CT molecular complexity index is 872.